The van der Waals surface area contributed by atoms with Crippen molar-refractivity contribution >= 4 is 23.2 Å². The Labute approximate surface area is 185 Å². The van der Waals surface area contributed by atoms with Crippen molar-refractivity contribution in [1.29, 1.82) is 0 Å². The minimum atomic E-state index is -0.668. The molecule has 3 aromatic heterocycles. The Kier molecular flexibility index (Phi) is 5.90. The van der Waals surface area contributed by atoms with Gasteiger partial charge in [0.2, 0.25) is 17.6 Å². The SMILES string of the molecule is Cn1c(=O)c(-c2noc(CCC(=O)Nc3cccnc3Cl)n2)nn(-c2ccccc2)c1=O. The molecule has 0 radical (unpaired) electrons. The molecule has 0 atom stereocenters. The summed E-state index contributed by atoms with van der Waals surface area (Å²) < 4.78 is 7.15. The number of rotatable bonds is 6. The van der Waals surface area contributed by atoms with Crippen molar-refractivity contribution < 1.29 is 9.32 Å². The van der Waals surface area contributed by atoms with Gasteiger partial charge in [0.1, 0.15) is 0 Å². The highest BCUT2D eigenvalue weighted by Gasteiger charge is 2.19. The fourth-order valence-corrected chi connectivity index (χ4v) is 2.98. The summed E-state index contributed by atoms with van der Waals surface area (Å²) in [5, 5.41) is 10.7. The predicted octanol–water partition coefficient (Wildman–Crippen LogP) is 1.60. The van der Waals surface area contributed by atoms with E-state index in [0.717, 1.165) is 9.25 Å². The standard InChI is InChI=1S/C20H16ClN7O4/c1-27-19(30)16(25-28(20(27)31)12-6-3-2-4-7-12)18-24-15(32-26-18)10-9-14(29)23-13-8-5-11-22-17(13)21/h2-8,11H,9-10H2,1H3,(H,23,29). The number of aryl methyl sites for hydroxylation is 1. The van der Waals surface area contributed by atoms with Gasteiger partial charge in [0, 0.05) is 26.1 Å². The van der Waals surface area contributed by atoms with Crippen LogP contribution in [0.2, 0.25) is 5.15 Å². The fraction of sp³-hybridized carbons (Fsp3) is 0.150. The van der Waals surface area contributed by atoms with E-state index in [1.165, 1.54) is 13.2 Å². The molecule has 1 N–H and O–H groups in total. The number of nitrogens with zero attached hydrogens (tertiary/aromatic N) is 6. The molecule has 0 fully saturated rings. The van der Waals surface area contributed by atoms with Gasteiger partial charge in [-0.3, -0.25) is 14.2 Å². The Hall–Kier alpha value is -4.12. The monoisotopic (exact) mass is 453 g/mol. The second kappa shape index (κ2) is 8.94. The summed E-state index contributed by atoms with van der Waals surface area (Å²) in [6, 6.07) is 11.9. The number of hydrogen-bond donors (Lipinski definition) is 1. The molecule has 0 aliphatic heterocycles. The maximum absolute atomic E-state index is 12.6. The molecule has 32 heavy (non-hydrogen) atoms. The van der Waals surface area contributed by atoms with E-state index in [4.69, 9.17) is 16.1 Å². The van der Waals surface area contributed by atoms with Crippen molar-refractivity contribution in [3.05, 3.63) is 80.5 Å². The van der Waals surface area contributed by atoms with E-state index in [-0.39, 0.29) is 41.3 Å². The van der Waals surface area contributed by atoms with Crippen LogP contribution in [0.3, 0.4) is 0 Å². The van der Waals surface area contributed by atoms with Gasteiger partial charge in [0.05, 0.1) is 11.4 Å². The number of benzene rings is 1. The number of hydrogen-bond acceptors (Lipinski definition) is 8. The largest absolute Gasteiger partial charge is 0.351 e. The van der Waals surface area contributed by atoms with Gasteiger partial charge >= 0.3 is 5.69 Å². The van der Waals surface area contributed by atoms with Gasteiger partial charge in [-0.15, -0.1) is 0 Å². The van der Waals surface area contributed by atoms with Crippen molar-refractivity contribution in [3.8, 4) is 17.2 Å². The van der Waals surface area contributed by atoms with Gasteiger partial charge in [0.25, 0.3) is 5.56 Å². The third-order valence-electron chi connectivity index (χ3n) is 4.46. The van der Waals surface area contributed by atoms with Crippen LogP contribution in [0.1, 0.15) is 12.3 Å². The summed E-state index contributed by atoms with van der Waals surface area (Å²) in [5.41, 5.74) is -0.569. The van der Waals surface area contributed by atoms with Gasteiger partial charge in [-0.2, -0.15) is 14.8 Å². The molecule has 0 saturated heterocycles. The van der Waals surface area contributed by atoms with E-state index < -0.39 is 11.2 Å². The lowest BCUT2D eigenvalue weighted by molar-refractivity contribution is -0.116. The van der Waals surface area contributed by atoms with E-state index >= 15 is 0 Å². The number of para-hydroxylation sites is 1. The summed E-state index contributed by atoms with van der Waals surface area (Å²) in [7, 11) is 1.34. The van der Waals surface area contributed by atoms with Gasteiger partial charge in [-0.25, -0.2) is 9.78 Å². The lowest BCUT2D eigenvalue weighted by Gasteiger charge is -2.07. The number of carbonyl (C=O) groups is 1. The topological polar surface area (TPSA) is 138 Å². The zero-order valence-electron chi connectivity index (χ0n) is 16.7. The Morgan fingerprint density at radius 1 is 1.16 bits per heavy atom. The molecule has 0 aliphatic rings. The fourth-order valence-electron chi connectivity index (χ4n) is 2.82. The average molecular weight is 454 g/mol. The van der Waals surface area contributed by atoms with Crippen LogP contribution in [0.4, 0.5) is 5.69 Å². The molecule has 1 aromatic carbocycles. The molecule has 4 rings (SSSR count). The Morgan fingerprint density at radius 3 is 2.69 bits per heavy atom. The molecule has 162 valence electrons. The lowest BCUT2D eigenvalue weighted by atomic mass is 10.3. The van der Waals surface area contributed by atoms with Crippen LogP contribution in [0, 0.1) is 0 Å². The number of pyridine rings is 1. The Morgan fingerprint density at radius 2 is 1.94 bits per heavy atom. The number of anilines is 1. The Bertz CT molecular complexity index is 1400. The number of halogens is 1. The Balaban J connectivity index is 1.54. The summed E-state index contributed by atoms with van der Waals surface area (Å²) >= 11 is 5.92. The van der Waals surface area contributed by atoms with Crippen LogP contribution < -0.4 is 16.6 Å². The van der Waals surface area contributed by atoms with Gasteiger partial charge in [0.15, 0.2) is 10.8 Å². The molecule has 3 heterocycles. The summed E-state index contributed by atoms with van der Waals surface area (Å²) in [5.74, 6) is -0.277. The van der Waals surface area contributed by atoms with Crippen molar-refractivity contribution in [2.24, 2.45) is 7.05 Å². The van der Waals surface area contributed by atoms with E-state index in [1.807, 2.05) is 0 Å². The molecular formula is C20H16ClN7O4. The number of carbonyl (C=O) groups excluding carboxylic acids is 1. The van der Waals surface area contributed by atoms with E-state index in [2.05, 4.69) is 25.5 Å². The van der Waals surface area contributed by atoms with Crippen molar-refractivity contribution in [1.82, 2.24) is 29.5 Å². The average Bonchev–Trinajstić information content (AvgIpc) is 3.27. The maximum atomic E-state index is 12.6. The predicted molar refractivity (Wildman–Crippen MR) is 115 cm³/mol. The minimum Gasteiger partial charge on any atom is -0.339 e. The number of aromatic nitrogens is 6. The molecule has 0 saturated carbocycles. The first-order valence-electron chi connectivity index (χ1n) is 9.43. The second-order valence-electron chi connectivity index (χ2n) is 6.64. The highest BCUT2D eigenvalue weighted by molar-refractivity contribution is 6.32. The van der Waals surface area contributed by atoms with Crippen LogP contribution >= 0.6 is 11.6 Å². The minimum absolute atomic E-state index is 0.0296. The first kappa shape index (κ1) is 21.1. The van der Waals surface area contributed by atoms with Crippen LogP contribution in [0.5, 0.6) is 0 Å². The first-order valence-corrected chi connectivity index (χ1v) is 9.81. The molecule has 11 nitrogen and oxygen atoms in total. The second-order valence-corrected chi connectivity index (χ2v) is 7.00. The third kappa shape index (κ3) is 4.32. The van der Waals surface area contributed by atoms with E-state index in [0.29, 0.717) is 11.4 Å². The van der Waals surface area contributed by atoms with Gasteiger partial charge in [-0.1, -0.05) is 35.0 Å². The molecular weight excluding hydrogens is 438 g/mol. The van der Waals surface area contributed by atoms with Crippen LogP contribution in [0.25, 0.3) is 17.2 Å². The lowest BCUT2D eigenvalue weighted by Crippen LogP contribution is -2.40. The normalized spacial score (nSPS) is 10.8. The highest BCUT2D eigenvalue weighted by atomic mass is 35.5. The van der Waals surface area contributed by atoms with Crippen LogP contribution in [-0.4, -0.2) is 35.4 Å². The maximum Gasteiger partial charge on any atom is 0.351 e. The highest BCUT2D eigenvalue weighted by Crippen LogP contribution is 2.18. The van der Waals surface area contributed by atoms with Crippen LogP contribution in [-0.2, 0) is 18.3 Å². The summed E-state index contributed by atoms with van der Waals surface area (Å²) in [4.78, 5) is 45.2. The van der Waals surface area contributed by atoms with Crippen molar-refractivity contribution in [3.63, 3.8) is 0 Å². The molecule has 4 aromatic rings. The van der Waals surface area contributed by atoms with E-state index in [9.17, 15) is 14.4 Å². The van der Waals surface area contributed by atoms with Crippen LogP contribution in [0.15, 0.2) is 62.8 Å². The smallest absolute Gasteiger partial charge is 0.339 e. The summed E-state index contributed by atoms with van der Waals surface area (Å²) in [6.07, 6.45) is 1.66. The third-order valence-corrected chi connectivity index (χ3v) is 4.76. The van der Waals surface area contributed by atoms with Crippen molar-refractivity contribution in [2.75, 3.05) is 5.32 Å². The molecule has 0 unspecified atom stereocenters. The number of nitrogens with one attached hydrogen (secondary N) is 1. The molecule has 1 amide bonds. The zero-order valence-corrected chi connectivity index (χ0v) is 17.5. The molecule has 0 bridgehead atoms. The number of amides is 1. The zero-order chi connectivity index (χ0) is 22.7. The van der Waals surface area contributed by atoms with Gasteiger partial charge < -0.3 is 9.84 Å². The van der Waals surface area contributed by atoms with Gasteiger partial charge in [-0.05, 0) is 24.3 Å². The van der Waals surface area contributed by atoms with E-state index in [1.54, 1.807) is 42.5 Å². The quantitative estimate of drug-likeness (QED) is 0.434. The molecule has 0 spiro atoms. The van der Waals surface area contributed by atoms with Crippen molar-refractivity contribution in [2.45, 2.75) is 12.8 Å². The molecule has 12 heteroatoms. The molecule has 0 aliphatic carbocycles. The summed E-state index contributed by atoms with van der Waals surface area (Å²) in [6.45, 7) is 0. The first-order chi connectivity index (χ1) is 15.4.